The fraction of sp³-hybridized carbons (Fsp3) is 0.667. The normalized spacial score (nSPS) is 15.0. The molecular weight excluding hydrogens is 284 g/mol. The zero-order valence-electron chi connectivity index (χ0n) is 12.8. The van der Waals surface area contributed by atoms with Crippen LogP contribution >= 0.6 is 11.3 Å². The third kappa shape index (κ3) is 3.22. The average Bonchev–Trinajstić information content (AvgIpc) is 3.12. The number of hydrogen-bond acceptors (Lipinski definition) is 5. The SMILES string of the molecule is CCCN(c1nc2sccn2c1CNCCOC)C1CC1. The van der Waals surface area contributed by atoms with Crippen LogP contribution in [0.15, 0.2) is 11.6 Å². The predicted octanol–water partition coefficient (Wildman–Crippen LogP) is 2.51. The Morgan fingerprint density at radius 1 is 1.52 bits per heavy atom. The van der Waals surface area contributed by atoms with Gasteiger partial charge in [-0.15, -0.1) is 11.3 Å². The number of methoxy groups -OCH3 is 1. The Morgan fingerprint density at radius 2 is 2.38 bits per heavy atom. The highest BCUT2D eigenvalue weighted by Crippen LogP contribution is 2.34. The van der Waals surface area contributed by atoms with Gasteiger partial charge in [0.1, 0.15) is 0 Å². The Kier molecular flexibility index (Phi) is 4.77. The second-order valence-electron chi connectivity index (χ2n) is 5.53. The lowest BCUT2D eigenvalue weighted by Crippen LogP contribution is -2.29. The minimum Gasteiger partial charge on any atom is -0.383 e. The number of aromatic nitrogens is 2. The Morgan fingerprint density at radius 3 is 3.10 bits per heavy atom. The molecule has 0 radical (unpaired) electrons. The lowest BCUT2D eigenvalue weighted by atomic mass is 10.3. The molecule has 5 nitrogen and oxygen atoms in total. The second-order valence-corrected chi connectivity index (χ2v) is 6.40. The van der Waals surface area contributed by atoms with Gasteiger partial charge in [0.05, 0.1) is 12.3 Å². The lowest BCUT2D eigenvalue weighted by Gasteiger charge is -2.23. The average molecular weight is 308 g/mol. The maximum absolute atomic E-state index is 5.10. The van der Waals surface area contributed by atoms with E-state index < -0.39 is 0 Å². The van der Waals surface area contributed by atoms with Gasteiger partial charge in [-0.3, -0.25) is 4.40 Å². The first-order valence-corrected chi connectivity index (χ1v) is 8.63. The minimum atomic E-state index is 0.701. The Hall–Kier alpha value is -1.11. The largest absolute Gasteiger partial charge is 0.383 e. The molecule has 1 saturated carbocycles. The Balaban J connectivity index is 1.83. The van der Waals surface area contributed by atoms with E-state index in [0.29, 0.717) is 6.04 Å². The highest BCUT2D eigenvalue weighted by atomic mass is 32.1. The van der Waals surface area contributed by atoms with E-state index in [1.165, 1.54) is 24.4 Å². The molecule has 1 aliphatic rings. The van der Waals surface area contributed by atoms with Gasteiger partial charge in [-0.1, -0.05) is 6.92 Å². The van der Waals surface area contributed by atoms with Crippen LogP contribution in [0.25, 0.3) is 4.96 Å². The van der Waals surface area contributed by atoms with E-state index in [1.807, 2.05) is 0 Å². The molecule has 0 bridgehead atoms. The number of thiazole rings is 1. The van der Waals surface area contributed by atoms with Crippen molar-refractivity contribution in [1.29, 1.82) is 0 Å². The lowest BCUT2D eigenvalue weighted by molar-refractivity contribution is 0.199. The molecule has 3 rings (SSSR count). The summed E-state index contributed by atoms with van der Waals surface area (Å²) < 4.78 is 7.33. The second kappa shape index (κ2) is 6.77. The quantitative estimate of drug-likeness (QED) is 0.723. The first-order valence-electron chi connectivity index (χ1n) is 7.76. The van der Waals surface area contributed by atoms with Crippen LogP contribution in [0.2, 0.25) is 0 Å². The predicted molar refractivity (Wildman–Crippen MR) is 87.3 cm³/mol. The van der Waals surface area contributed by atoms with Gasteiger partial charge in [-0.2, -0.15) is 0 Å². The van der Waals surface area contributed by atoms with E-state index in [2.05, 4.69) is 33.1 Å². The van der Waals surface area contributed by atoms with Gasteiger partial charge in [-0.05, 0) is 19.3 Å². The number of nitrogens with zero attached hydrogens (tertiary/aromatic N) is 3. The smallest absolute Gasteiger partial charge is 0.195 e. The van der Waals surface area contributed by atoms with Crippen molar-refractivity contribution in [1.82, 2.24) is 14.7 Å². The summed E-state index contributed by atoms with van der Waals surface area (Å²) in [4.78, 5) is 8.49. The molecular formula is C15H24N4OS. The van der Waals surface area contributed by atoms with Crippen molar-refractivity contribution in [3.8, 4) is 0 Å². The van der Waals surface area contributed by atoms with Gasteiger partial charge in [0, 0.05) is 44.4 Å². The molecule has 2 aromatic rings. The number of fused-ring (bicyclic) bond motifs is 1. The molecule has 0 atom stereocenters. The van der Waals surface area contributed by atoms with Crippen LogP contribution in [0.1, 0.15) is 31.9 Å². The highest BCUT2D eigenvalue weighted by Gasteiger charge is 2.32. The monoisotopic (exact) mass is 308 g/mol. The number of rotatable bonds is 9. The number of imidazole rings is 1. The van der Waals surface area contributed by atoms with Crippen molar-refractivity contribution in [3.05, 3.63) is 17.3 Å². The van der Waals surface area contributed by atoms with Gasteiger partial charge >= 0.3 is 0 Å². The number of hydrogen-bond donors (Lipinski definition) is 1. The van der Waals surface area contributed by atoms with Crippen LogP contribution in [0, 0.1) is 0 Å². The number of anilines is 1. The molecule has 116 valence electrons. The first kappa shape index (κ1) is 14.8. The van der Waals surface area contributed by atoms with Crippen molar-refractivity contribution in [3.63, 3.8) is 0 Å². The van der Waals surface area contributed by atoms with Gasteiger partial charge in [0.2, 0.25) is 0 Å². The molecule has 2 aromatic heterocycles. The highest BCUT2D eigenvalue weighted by molar-refractivity contribution is 7.15. The molecule has 2 heterocycles. The fourth-order valence-electron chi connectivity index (χ4n) is 2.68. The van der Waals surface area contributed by atoms with E-state index in [1.54, 1.807) is 18.4 Å². The zero-order valence-corrected chi connectivity index (χ0v) is 13.7. The van der Waals surface area contributed by atoms with E-state index in [4.69, 9.17) is 9.72 Å². The molecule has 1 N–H and O–H groups in total. The summed E-state index contributed by atoms with van der Waals surface area (Å²) in [5.41, 5.74) is 1.28. The summed E-state index contributed by atoms with van der Waals surface area (Å²) in [5, 5.41) is 5.56. The topological polar surface area (TPSA) is 41.8 Å². The summed E-state index contributed by atoms with van der Waals surface area (Å²) in [5.74, 6) is 1.18. The van der Waals surface area contributed by atoms with Crippen molar-refractivity contribution in [2.45, 2.75) is 38.8 Å². The van der Waals surface area contributed by atoms with Crippen LogP contribution in [-0.4, -0.2) is 42.2 Å². The summed E-state index contributed by atoms with van der Waals surface area (Å²) in [6.45, 7) is 5.78. The van der Waals surface area contributed by atoms with E-state index in [9.17, 15) is 0 Å². The summed E-state index contributed by atoms with van der Waals surface area (Å²) >= 11 is 1.71. The molecule has 0 amide bonds. The Bertz CT molecular complexity index is 575. The van der Waals surface area contributed by atoms with Gasteiger partial charge in [0.15, 0.2) is 10.8 Å². The standard InChI is InChI=1S/C15H24N4OS/c1-3-7-18(12-4-5-12)14-13(11-16-6-9-20-2)19-8-10-21-15(19)17-14/h8,10,12,16H,3-7,9,11H2,1-2H3. The third-order valence-electron chi connectivity index (χ3n) is 3.84. The maximum Gasteiger partial charge on any atom is 0.195 e. The summed E-state index contributed by atoms with van der Waals surface area (Å²) in [7, 11) is 1.74. The molecule has 0 aromatic carbocycles. The fourth-order valence-corrected chi connectivity index (χ4v) is 3.41. The molecule has 1 aliphatic carbocycles. The summed E-state index contributed by atoms with van der Waals surface area (Å²) in [6.07, 6.45) is 5.91. The van der Waals surface area contributed by atoms with Crippen LogP contribution in [0.4, 0.5) is 5.82 Å². The zero-order chi connectivity index (χ0) is 14.7. The van der Waals surface area contributed by atoms with Gasteiger partial charge < -0.3 is 15.0 Å². The third-order valence-corrected chi connectivity index (χ3v) is 4.60. The van der Waals surface area contributed by atoms with Crippen molar-refractivity contribution in [2.24, 2.45) is 0 Å². The molecule has 0 unspecified atom stereocenters. The van der Waals surface area contributed by atoms with Crippen molar-refractivity contribution in [2.75, 3.05) is 31.7 Å². The molecule has 1 fully saturated rings. The number of ether oxygens (including phenoxy) is 1. The van der Waals surface area contributed by atoms with Crippen molar-refractivity contribution < 1.29 is 4.74 Å². The Labute approximate surface area is 129 Å². The van der Waals surface area contributed by atoms with Crippen LogP contribution < -0.4 is 10.2 Å². The summed E-state index contributed by atoms with van der Waals surface area (Å²) in [6, 6.07) is 0.701. The van der Waals surface area contributed by atoms with Crippen LogP contribution in [-0.2, 0) is 11.3 Å². The minimum absolute atomic E-state index is 0.701. The van der Waals surface area contributed by atoms with E-state index >= 15 is 0 Å². The first-order chi connectivity index (χ1) is 10.3. The van der Waals surface area contributed by atoms with Crippen molar-refractivity contribution >= 4 is 22.1 Å². The van der Waals surface area contributed by atoms with E-state index in [-0.39, 0.29) is 0 Å². The number of nitrogens with one attached hydrogen (secondary N) is 1. The van der Waals surface area contributed by atoms with Crippen LogP contribution in [0.3, 0.4) is 0 Å². The van der Waals surface area contributed by atoms with Gasteiger partial charge in [0.25, 0.3) is 0 Å². The molecule has 0 aliphatic heterocycles. The van der Waals surface area contributed by atoms with E-state index in [0.717, 1.165) is 37.6 Å². The maximum atomic E-state index is 5.10. The molecule has 21 heavy (non-hydrogen) atoms. The molecule has 0 saturated heterocycles. The van der Waals surface area contributed by atoms with Gasteiger partial charge in [-0.25, -0.2) is 4.98 Å². The molecule has 0 spiro atoms. The van der Waals surface area contributed by atoms with Crippen LogP contribution in [0.5, 0.6) is 0 Å². The molecule has 6 heteroatoms.